The van der Waals surface area contributed by atoms with Gasteiger partial charge in [0.2, 0.25) is 10.0 Å². The number of hydrogen-bond donors (Lipinski definition) is 1. The number of hydrazone groups is 1. The number of nitrogens with zero attached hydrogens (tertiary/aromatic N) is 2. The molecule has 1 aliphatic rings. The van der Waals surface area contributed by atoms with Crippen LogP contribution in [0.2, 0.25) is 5.02 Å². The van der Waals surface area contributed by atoms with E-state index in [-0.39, 0.29) is 10.6 Å². The zero-order chi connectivity index (χ0) is 22.9. The average molecular weight is 510 g/mol. The highest BCUT2D eigenvalue weighted by molar-refractivity contribution is 7.92. The fourth-order valence-corrected chi connectivity index (χ4v) is 6.43. The predicted molar refractivity (Wildman–Crippen MR) is 128 cm³/mol. The number of benzene rings is 2. The van der Waals surface area contributed by atoms with Crippen molar-refractivity contribution in [1.29, 1.82) is 0 Å². The topological polar surface area (TPSA) is 95.9 Å². The molecule has 0 fully saturated rings. The number of thiophene rings is 1. The summed E-state index contributed by atoms with van der Waals surface area (Å²) in [5, 5.41) is 6.79. The lowest BCUT2D eigenvalue weighted by atomic mass is 10.0. The zero-order valence-corrected chi connectivity index (χ0v) is 20.2. The Kier molecular flexibility index (Phi) is 6.30. The Morgan fingerprint density at radius 2 is 1.78 bits per heavy atom. The zero-order valence-electron chi connectivity index (χ0n) is 17.0. The molecule has 3 aromatic rings. The highest BCUT2D eigenvalue weighted by Gasteiger charge is 2.38. The third-order valence-electron chi connectivity index (χ3n) is 4.99. The van der Waals surface area contributed by atoms with Gasteiger partial charge < -0.3 is 0 Å². The molecule has 1 atom stereocenters. The molecule has 0 saturated heterocycles. The van der Waals surface area contributed by atoms with Gasteiger partial charge in [-0.05, 0) is 48.7 Å². The molecule has 168 valence electrons. The van der Waals surface area contributed by atoms with Gasteiger partial charge in [-0.3, -0.25) is 4.72 Å². The van der Waals surface area contributed by atoms with Crippen LogP contribution in [0.3, 0.4) is 0 Å². The highest BCUT2D eigenvalue weighted by Crippen LogP contribution is 2.40. The van der Waals surface area contributed by atoms with Crippen LogP contribution in [0.1, 0.15) is 29.8 Å². The molecule has 0 unspecified atom stereocenters. The number of rotatable bonds is 7. The van der Waals surface area contributed by atoms with Crippen LogP contribution in [0.5, 0.6) is 0 Å². The van der Waals surface area contributed by atoms with E-state index in [1.54, 1.807) is 31.2 Å². The SMILES string of the molecule is CCS(=O)(=O)Nc1ccccc1C1=NN(S(=O)(=O)c2ccc(Cl)cc2)[C@H](c2cccs2)C1. The van der Waals surface area contributed by atoms with Crippen molar-refractivity contribution in [2.75, 3.05) is 10.5 Å². The summed E-state index contributed by atoms with van der Waals surface area (Å²) in [6.45, 7) is 1.55. The number of hydrogen-bond acceptors (Lipinski definition) is 6. The lowest BCUT2D eigenvalue weighted by Crippen LogP contribution is -2.26. The molecule has 0 aliphatic carbocycles. The summed E-state index contributed by atoms with van der Waals surface area (Å²) < 4.78 is 54.9. The first-order valence-corrected chi connectivity index (χ1v) is 14.1. The summed E-state index contributed by atoms with van der Waals surface area (Å²) in [4.78, 5) is 0.918. The Balaban J connectivity index is 1.80. The summed E-state index contributed by atoms with van der Waals surface area (Å²) >= 11 is 7.37. The predicted octanol–water partition coefficient (Wildman–Crippen LogP) is 4.70. The lowest BCUT2D eigenvalue weighted by molar-refractivity contribution is 0.375. The third-order valence-corrected chi connectivity index (χ3v) is 9.20. The molecule has 0 saturated carbocycles. The van der Waals surface area contributed by atoms with Gasteiger partial charge >= 0.3 is 0 Å². The van der Waals surface area contributed by atoms with Crippen molar-refractivity contribution in [3.05, 3.63) is 81.5 Å². The Bertz CT molecular complexity index is 1350. The molecule has 11 heteroatoms. The van der Waals surface area contributed by atoms with Gasteiger partial charge in [-0.1, -0.05) is 35.9 Å². The van der Waals surface area contributed by atoms with Gasteiger partial charge in [-0.2, -0.15) is 17.9 Å². The first-order valence-electron chi connectivity index (χ1n) is 9.72. The van der Waals surface area contributed by atoms with Gasteiger partial charge in [-0.25, -0.2) is 8.42 Å². The first kappa shape index (κ1) is 22.8. The highest BCUT2D eigenvalue weighted by atomic mass is 35.5. The quantitative estimate of drug-likeness (QED) is 0.499. The Labute approximate surface area is 196 Å². The van der Waals surface area contributed by atoms with Crippen LogP contribution in [0.15, 0.2) is 76.0 Å². The maximum Gasteiger partial charge on any atom is 0.279 e. The second-order valence-corrected chi connectivity index (χ2v) is 12.3. The molecule has 1 aromatic heterocycles. The summed E-state index contributed by atoms with van der Waals surface area (Å²) in [6, 6.07) is 16.0. The van der Waals surface area contributed by atoms with Crippen molar-refractivity contribution in [2.45, 2.75) is 24.3 Å². The van der Waals surface area contributed by atoms with Crippen LogP contribution in [0.25, 0.3) is 0 Å². The van der Waals surface area contributed by atoms with Crippen LogP contribution < -0.4 is 4.72 Å². The second-order valence-electron chi connectivity index (χ2n) is 7.06. The number of nitrogens with one attached hydrogen (secondary N) is 1. The van der Waals surface area contributed by atoms with Crippen molar-refractivity contribution in [3.8, 4) is 0 Å². The minimum atomic E-state index is -3.97. The number of sulfonamides is 2. The minimum Gasteiger partial charge on any atom is -0.283 e. The molecule has 32 heavy (non-hydrogen) atoms. The van der Waals surface area contributed by atoms with E-state index in [0.717, 1.165) is 9.29 Å². The molecule has 4 rings (SSSR count). The monoisotopic (exact) mass is 509 g/mol. The third kappa shape index (κ3) is 4.54. The second kappa shape index (κ2) is 8.86. The van der Waals surface area contributed by atoms with Crippen LogP contribution in [0.4, 0.5) is 5.69 Å². The minimum absolute atomic E-state index is 0.0772. The Morgan fingerprint density at radius 1 is 1.06 bits per heavy atom. The van der Waals surface area contributed by atoms with Gasteiger partial charge in [0, 0.05) is 21.9 Å². The summed E-state index contributed by atoms with van der Waals surface area (Å²) in [7, 11) is -7.49. The average Bonchev–Trinajstić information content (AvgIpc) is 3.44. The normalized spacial score (nSPS) is 16.8. The van der Waals surface area contributed by atoms with Gasteiger partial charge in [0.05, 0.1) is 22.0 Å². The van der Waals surface area contributed by atoms with Crippen LogP contribution in [-0.4, -0.2) is 32.7 Å². The molecular weight excluding hydrogens is 490 g/mol. The number of para-hydroxylation sites is 1. The van der Waals surface area contributed by atoms with Crippen LogP contribution in [0, 0.1) is 0 Å². The Morgan fingerprint density at radius 3 is 2.44 bits per heavy atom. The van der Waals surface area contributed by atoms with E-state index in [4.69, 9.17) is 11.6 Å². The molecule has 0 spiro atoms. The van der Waals surface area contributed by atoms with Crippen molar-refractivity contribution < 1.29 is 16.8 Å². The largest absolute Gasteiger partial charge is 0.283 e. The van der Waals surface area contributed by atoms with Gasteiger partial charge in [0.1, 0.15) is 6.04 Å². The van der Waals surface area contributed by atoms with Crippen LogP contribution in [-0.2, 0) is 20.0 Å². The van der Waals surface area contributed by atoms with E-state index >= 15 is 0 Å². The molecule has 0 radical (unpaired) electrons. The van der Waals surface area contributed by atoms with E-state index in [0.29, 0.717) is 28.4 Å². The van der Waals surface area contributed by atoms with Gasteiger partial charge in [-0.15, -0.1) is 11.3 Å². The van der Waals surface area contributed by atoms with Gasteiger partial charge in [0.15, 0.2) is 0 Å². The number of halogens is 1. The standard InChI is InChI=1S/C21H20ClN3O4S3/c1-2-31(26,27)24-18-7-4-3-6-17(18)19-14-20(21-8-5-13-30-21)25(23-19)32(28,29)16-11-9-15(22)10-12-16/h3-13,20,24H,2,14H2,1H3/t20-/m0/s1. The van der Waals surface area contributed by atoms with E-state index in [1.807, 2.05) is 17.5 Å². The van der Waals surface area contributed by atoms with E-state index < -0.39 is 26.1 Å². The molecule has 0 amide bonds. The molecule has 7 nitrogen and oxygen atoms in total. The molecule has 2 aromatic carbocycles. The van der Waals surface area contributed by atoms with E-state index in [1.165, 1.54) is 35.6 Å². The van der Waals surface area contributed by atoms with Crippen molar-refractivity contribution in [3.63, 3.8) is 0 Å². The summed E-state index contributed by atoms with van der Waals surface area (Å²) in [5.74, 6) is -0.0807. The molecule has 1 N–H and O–H groups in total. The number of anilines is 1. The molecule has 1 aliphatic heterocycles. The lowest BCUT2D eigenvalue weighted by Gasteiger charge is -2.22. The van der Waals surface area contributed by atoms with Gasteiger partial charge in [0.25, 0.3) is 10.0 Å². The smallest absolute Gasteiger partial charge is 0.279 e. The first-order chi connectivity index (χ1) is 15.2. The fraction of sp³-hybridized carbons (Fsp3) is 0.190. The molecular formula is C21H20ClN3O4S3. The fourth-order valence-electron chi connectivity index (χ4n) is 3.34. The Hall–Kier alpha value is -2.40. The van der Waals surface area contributed by atoms with E-state index in [2.05, 4.69) is 9.82 Å². The maximum absolute atomic E-state index is 13.5. The summed E-state index contributed by atoms with van der Waals surface area (Å²) in [5.41, 5.74) is 1.39. The maximum atomic E-state index is 13.5. The van der Waals surface area contributed by atoms with Crippen molar-refractivity contribution >= 4 is 54.4 Å². The van der Waals surface area contributed by atoms with E-state index in [9.17, 15) is 16.8 Å². The molecule has 0 bridgehead atoms. The van der Waals surface area contributed by atoms with Crippen molar-refractivity contribution in [2.24, 2.45) is 5.10 Å². The molecule has 2 heterocycles. The summed E-state index contributed by atoms with van der Waals surface area (Å²) in [6.07, 6.45) is 0.304. The van der Waals surface area contributed by atoms with Crippen molar-refractivity contribution in [1.82, 2.24) is 4.41 Å². The van der Waals surface area contributed by atoms with Crippen LogP contribution >= 0.6 is 22.9 Å².